The van der Waals surface area contributed by atoms with Crippen LogP contribution in [0.1, 0.15) is 110 Å². The van der Waals surface area contributed by atoms with Gasteiger partial charge in [-0.15, -0.1) is 0 Å². The number of amidine groups is 4. The summed E-state index contributed by atoms with van der Waals surface area (Å²) in [5, 5.41) is 18.2. The highest BCUT2D eigenvalue weighted by atomic mass is 35.5. The van der Waals surface area contributed by atoms with Crippen molar-refractivity contribution in [1.82, 2.24) is 41.0 Å². The number of aliphatic imine (C=N–C) groups is 4. The van der Waals surface area contributed by atoms with Crippen LogP contribution in [0, 0.1) is 23.3 Å². The maximum Gasteiger partial charge on any atom is 0.373 e. The van der Waals surface area contributed by atoms with Gasteiger partial charge in [-0.2, -0.15) is 28.8 Å². The molecule has 8 aromatic rings. The van der Waals surface area contributed by atoms with Crippen LogP contribution in [0.25, 0.3) is 0 Å². The fourth-order valence-electron chi connectivity index (χ4n) is 12.7. The maximum atomic E-state index is 13.7. The van der Waals surface area contributed by atoms with Gasteiger partial charge in [0.25, 0.3) is 0 Å². The van der Waals surface area contributed by atoms with E-state index in [2.05, 4.69) is 72.0 Å². The Labute approximate surface area is 747 Å². The number of aromatic nitrogens is 2. The van der Waals surface area contributed by atoms with E-state index in [1.165, 1.54) is 78.3 Å². The normalized spacial score (nSPS) is 17.3. The summed E-state index contributed by atoms with van der Waals surface area (Å²) in [4.78, 5) is 93.5. The van der Waals surface area contributed by atoms with E-state index in [0.717, 1.165) is 172 Å². The van der Waals surface area contributed by atoms with Crippen LogP contribution in [0.15, 0.2) is 235 Å². The smallest absolute Gasteiger partial charge is 0.373 e. The summed E-state index contributed by atoms with van der Waals surface area (Å²) in [6.07, 6.45) is 6.07. The summed E-state index contributed by atoms with van der Waals surface area (Å²) in [5.74, 6) is 3.07. The van der Waals surface area contributed by atoms with Gasteiger partial charge in [0, 0.05) is 135 Å². The summed E-state index contributed by atoms with van der Waals surface area (Å²) in [6, 6.07) is 42.2. The molecule has 0 radical (unpaired) electrons. The van der Waals surface area contributed by atoms with Crippen molar-refractivity contribution in [3.05, 3.63) is 303 Å². The number of benzene rings is 6. The van der Waals surface area contributed by atoms with E-state index in [9.17, 15) is 22.4 Å². The van der Waals surface area contributed by atoms with E-state index in [-0.39, 0.29) is 64.8 Å². The molecule has 2 fully saturated rings. The van der Waals surface area contributed by atoms with E-state index in [1.807, 2.05) is 87.5 Å². The van der Waals surface area contributed by atoms with Gasteiger partial charge in [-0.05, 0) is 183 Å². The van der Waals surface area contributed by atoms with Crippen molar-refractivity contribution in [2.24, 2.45) is 20.0 Å². The topological polar surface area (TPSA) is 286 Å². The number of methoxy groups -OCH3 is 2. The Hall–Kier alpha value is -10.0. The lowest BCUT2D eigenvalue weighted by molar-refractivity contribution is -0.193. The van der Waals surface area contributed by atoms with Gasteiger partial charge in [-0.1, -0.05) is 154 Å². The number of hydrogen-bond donors (Lipinski definition) is 4. The predicted molar refractivity (Wildman–Crippen MR) is 475 cm³/mol. The van der Waals surface area contributed by atoms with Crippen molar-refractivity contribution < 1.29 is 70.1 Å². The molecule has 6 aliphatic rings. The molecule has 4 atom stereocenters. The van der Waals surface area contributed by atoms with Gasteiger partial charge in [-0.25, -0.2) is 37.5 Å². The number of allylic oxidation sites excluding steroid dienone is 2. The quantitative estimate of drug-likeness (QED) is 0.0547. The first kappa shape index (κ1) is 98.4. The number of ether oxygens (including phenoxy) is 4. The zero-order valence-corrected chi connectivity index (χ0v) is 74.4. The number of carbonyl (C=O) groups excluding carboxylic acids is 7. The van der Waals surface area contributed by atoms with Crippen LogP contribution in [-0.4, -0.2) is 145 Å². The third-order valence-electron chi connectivity index (χ3n) is 19.2. The molecule has 35 heteroatoms. The number of hydrogen-bond acceptors (Lipinski definition) is 27. The number of Topliss-reactive ketones (excluding diaryl/α,β-unsaturated/α-hetero) is 1. The van der Waals surface area contributed by atoms with Gasteiger partial charge in [0.05, 0.1) is 46.3 Å². The summed E-state index contributed by atoms with van der Waals surface area (Å²) < 4.78 is 75.4. The van der Waals surface area contributed by atoms with Gasteiger partial charge < -0.3 is 40.2 Å². The molecule has 0 spiro atoms. The molecule has 0 saturated carbocycles. The number of rotatable bonds is 19. The second kappa shape index (κ2) is 51.3. The van der Waals surface area contributed by atoms with Gasteiger partial charge in [0.1, 0.15) is 58.9 Å². The lowest BCUT2D eigenvalue weighted by Gasteiger charge is -2.32. The zero-order valence-electron chi connectivity index (χ0n) is 68.1. The van der Waals surface area contributed by atoms with Gasteiger partial charge >= 0.3 is 18.5 Å². The minimum Gasteiger partial charge on any atom is -0.497 e. The first-order chi connectivity index (χ1) is 59.3. The van der Waals surface area contributed by atoms with E-state index < -0.39 is 11.9 Å². The molecule has 6 aliphatic heterocycles. The highest BCUT2D eigenvalue weighted by molar-refractivity contribution is 8.14. The average molecular weight is 1840 g/mol. The third-order valence-corrected chi connectivity index (χ3v) is 24.3. The summed E-state index contributed by atoms with van der Waals surface area (Å²) in [5.41, 5.74) is 15.3. The Kier molecular flexibility index (Phi) is 41.1. The number of nitrogens with one attached hydrogen (secondary N) is 4. The second-order valence-corrected chi connectivity index (χ2v) is 32.8. The molecule has 4 unspecified atom stereocenters. The van der Waals surface area contributed by atoms with Crippen molar-refractivity contribution in [3.8, 4) is 11.5 Å². The van der Waals surface area contributed by atoms with Gasteiger partial charge in [0.2, 0.25) is 0 Å². The van der Waals surface area contributed by atoms with E-state index in [0.29, 0.717) is 42.9 Å². The standard InChI is InChI=1S/C24H27ClFN3O2S.C22H24ClFN4OS.C20H20ClFN2OS.C19H17ClFN3OS.3CO2/c1-16-22(14-29-9-11-31-12-10-29)27-24(32-15-17-3-6-19(30-2)7-4-17)28-23(16)20-8-5-18(26)13-21(20)25;1-15-20(13-28-8-10-29-11-9-28)26-22(30-14-17-4-2-3-7-25-17)27-21(15)18-6-5-16(24)12-19(18)23;1-12-13(2)23-20(26-11-14-4-7-16(25-3)8-5-14)24-19(12)17-9-6-15(22)10-18(17)21;1-11-17(12(2)25)18(15-6-5-14(21)8-16(15)20)24-19(23-11)26-10-13-4-3-7-22-9-13;3*2-1-3/h3-8,13,23H,9-12,14-15H2,1-2H3,(H,27,28);2-7,12,21H,8-11,13-14H2,1H3,(H,26,27);4-10,19H,11H2,1-3H3,(H,23,24);3-9,18H,10H2,1-2H3,(H,23,24);;;. The molecule has 4 N–H and O–H groups in total. The first-order valence-corrected chi connectivity index (χ1v) is 43.4. The molecule has 23 nitrogen and oxygen atoms in total. The average Bonchev–Trinajstić information content (AvgIpc) is 0.810. The highest BCUT2D eigenvalue weighted by Crippen LogP contribution is 2.42. The summed E-state index contributed by atoms with van der Waals surface area (Å²) >= 11 is 31.7. The number of ketones is 1. The van der Waals surface area contributed by atoms with Crippen LogP contribution in [0.2, 0.25) is 20.1 Å². The Morgan fingerprint density at radius 1 is 0.447 bits per heavy atom. The Morgan fingerprint density at radius 2 is 0.805 bits per heavy atom. The third kappa shape index (κ3) is 30.7. The van der Waals surface area contributed by atoms with Crippen LogP contribution < -0.4 is 30.7 Å². The number of carbonyl (C=O) groups is 1. The summed E-state index contributed by atoms with van der Waals surface area (Å²) in [7, 11) is 3.32. The molecule has 2 saturated heterocycles. The van der Waals surface area contributed by atoms with Crippen molar-refractivity contribution >= 4 is 138 Å². The van der Waals surface area contributed by atoms with Crippen LogP contribution in [0.3, 0.4) is 0 Å². The lowest BCUT2D eigenvalue weighted by atomic mass is 9.94. The summed E-state index contributed by atoms with van der Waals surface area (Å²) in [6.45, 7) is 19.6. The molecule has 14 rings (SSSR count). The number of thioether (sulfide) groups is 4. The van der Waals surface area contributed by atoms with Crippen molar-refractivity contribution in [1.29, 1.82) is 0 Å². The minimum absolute atomic E-state index is 0.0968. The molecule has 8 heterocycles. The molecule has 6 aromatic carbocycles. The zero-order chi connectivity index (χ0) is 88.9. The highest BCUT2D eigenvalue weighted by Gasteiger charge is 2.32. The van der Waals surface area contributed by atoms with E-state index in [1.54, 1.807) is 92.4 Å². The predicted octanol–water partition coefficient (Wildman–Crippen LogP) is 18.1. The van der Waals surface area contributed by atoms with Crippen molar-refractivity contribution in [2.45, 2.75) is 88.7 Å². The Balaban J connectivity index is 0.000000197. The van der Waals surface area contributed by atoms with E-state index >= 15 is 0 Å². The molecule has 0 amide bonds. The minimum atomic E-state index is -0.557. The molecular weight excluding hydrogens is 1750 g/mol. The van der Waals surface area contributed by atoms with Crippen LogP contribution >= 0.6 is 93.5 Å². The van der Waals surface area contributed by atoms with E-state index in [4.69, 9.17) is 109 Å². The number of morpholine rings is 2. The van der Waals surface area contributed by atoms with Crippen LogP contribution in [-0.2, 0) is 66.0 Å². The second-order valence-electron chi connectivity index (χ2n) is 27.3. The van der Waals surface area contributed by atoms with Crippen LogP contribution in [0.5, 0.6) is 11.5 Å². The molecule has 123 heavy (non-hydrogen) atoms. The first-order valence-electron chi connectivity index (χ1n) is 37.9. The molecular formula is C88H88Cl4F4N12O11S4. The SMILES string of the molecule is CC(=O)C1=C(C)NC(SCc2cccnc2)=NC1c1ccc(F)cc1Cl.CC1=C(CN2CCOCC2)NC(SCc2ccccn2)=NC1c1ccc(F)cc1Cl.COc1ccc(CSC2=NC(c3ccc(F)cc3Cl)C(C)=C(C)N2)cc1.COc1ccc(CSC2=NC(c3ccc(F)cc3Cl)C(C)=C(CN3CCOCC3)N2)cc1.O=C=O.O=C=O.O=C=O. The lowest BCUT2D eigenvalue weighted by Crippen LogP contribution is -2.41. The molecule has 646 valence electrons. The fourth-order valence-corrected chi connectivity index (χ4v) is 17.3. The Bertz CT molecular complexity index is 5260. The largest absolute Gasteiger partial charge is 0.497 e. The van der Waals surface area contributed by atoms with Crippen LogP contribution in [0.4, 0.5) is 17.6 Å². The monoisotopic (exact) mass is 1830 g/mol. The Morgan fingerprint density at radius 3 is 1.16 bits per heavy atom. The number of pyridine rings is 2. The molecule has 0 bridgehead atoms. The molecule has 2 aromatic heterocycles. The van der Waals surface area contributed by atoms with Crippen molar-refractivity contribution in [2.75, 3.05) is 79.9 Å². The number of nitrogens with zero attached hydrogens (tertiary/aromatic N) is 8. The van der Waals surface area contributed by atoms with Gasteiger partial charge in [-0.3, -0.25) is 24.6 Å². The maximum absolute atomic E-state index is 13.7. The van der Waals surface area contributed by atoms with Crippen molar-refractivity contribution in [3.63, 3.8) is 0 Å². The fraction of sp³-hybridized carbons (Fsp3) is 0.295. The number of halogens is 8. The van der Waals surface area contributed by atoms with Gasteiger partial charge in [0.15, 0.2) is 26.5 Å². The molecule has 0 aliphatic carbocycles.